The monoisotopic (exact) mass is 228 g/mol. The van der Waals surface area contributed by atoms with Gasteiger partial charge in [0.25, 0.3) is 0 Å². The van der Waals surface area contributed by atoms with Gasteiger partial charge in [0.2, 0.25) is 5.91 Å². The molecular formula is C12H24N2O2. The molecule has 1 heterocycles. The fraction of sp³-hybridized carbons (Fsp3) is 0.917. The number of hydrogen-bond acceptors (Lipinski definition) is 3. The van der Waals surface area contributed by atoms with E-state index in [1.54, 1.807) is 4.90 Å². The molecule has 0 saturated carbocycles. The van der Waals surface area contributed by atoms with Crippen molar-refractivity contribution in [1.29, 1.82) is 0 Å². The molecule has 1 aliphatic heterocycles. The number of carbonyl (C=O) groups is 1. The normalized spacial score (nSPS) is 24.7. The van der Waals surface area contributed by atoms with E-state index in [0.717, 1.165) is 19.4 Å². The molecule has 0 bridgehead atoms. The van der Waals surface area contributed by atoms with E-state index in [4.69, 9.17) is 0 Å². The number of aliphatic hydroxyl groups excluding tert-OH is 1. The van der Waals surface area contributed by atoms with Crippen molar-refractivity contribution in [3.63, 3.8) is 0 Å². The molecule has 2 N–H and O–H groups in total. The molecule has 2 atom stereocenters. The number of likely N-dealkylation sites (N-methyl/N-ethyl adjacent to an activating group) is 1. The van der Waals surface area contributed by atoms with Gasteiger partial charge in [-0.1, -0.05) is 26.2 Å². The van der Waals surface area contributed by atoms with Crippen LogP contribution in [0.2, 0.25) is 0 Å². The topological polar surface area (TPSA) is 52.6 Å². The van der Waals surface area contributed by atoms with Crippen LogP contribution in [0.15, 0.2) is 0 Å². The van der Waals surface area contributed by atoms with Gasteiger partial charge in [-0.05, 0) is 19.3 Å². The van der Waals surface area contributed by atoms with Gasteiger partial charge < -0.3 is 10.0 Å². The number of nitrogens with one attached hydrogen (secondary N) is 1. The number of hydrogen-bond donors (Lipinski definition) is 2. The Kier molecular flexibility index (Phi) is 5.77. The maximum atomic E-state index is 11.9. The zero-order valence-corrected chi connectivity index (χ0v) is 10.4. The van der Waals surface area contributed by atoms with Crippen molar-refractivity contribution in [2.75, 3.05) is 13.6 Å². The summed E-state index contributed by atoms with van der Waals surface area (Å²) in [4.78, 5) is 13.7. The predicted octanol–water partition coefficient (Wildman–Crippen LogP) is 1.10. The van der Waals surface area contributed by atoms with E-state index in [-0.39, 0.29) is 11.9 Å². The molecule has 1 fully saturated rings. The predicted molar refractivity (Wildman–Crippen MR) is 63.9 cm³/mol. The number of unbranched alkanes of at least 4 members (excludes halogenated alkanes) is 3. The van der Waals surface area contributed by atoms with E-state index in [2.05, 4.69) is 12.2 Å². The summed E-state index contributed by atoms with van der Waals surface area (Å²) in [5.74, 6) is 0.119. The Morgan fingerprint density at radius 3 is 2.69 bits per heavy atom. The highest BCUT2D eigenvalue weighted by molar-refractivity contribution is 5.81. The minimum Gasteiger partial charge on any atom is -0.379 e. The lowest BCUT2D eigenvalue weighted by atomic mass is 10.1. The molecule has 0 spiro atoms. The zero-order chi connectivity index (χ0) is 12.0. The lowest BCUT2D eigenvalue weighted by Crippen LogP contribution is -2.43. The van der Waals surface area contributed by atoms with Gasteiger partial charge in [0.15, 0.2) is 0 Å². The minimum absolute atomic E-state index is 0.119. The highest BCUT2D eigenvalue weighted by Gasteiger charge is 2.29. The second-order valence-corrected chi connectivity index (χ2v) is 4.63. The van der Waals surface area contributed by atoms with E-state index in [9.17, 15) is 9.90 Å². The van der Waals surface area contributed by atoms with Crippen LogP contribution in [-0.4, -0.2) is 41.8 Å². The van der Waals surface area contributed by atoms with Crippen molar-refractivity contribution < 1.29 is 9.90 Å². The maximum Gasteiger partial charge on any atom is 0.239 e. The summed E-state index contributed by atoms with van der Waals surface area (Å²) < 4.78 is 0. The van der Waals surface area contributed by atoms with Gasteiger partial charge in [-0.3, -0.25) is 10.1 Å². The summed E-state index contributed by atoms with van der Waals surface area (Å²) in [6.07, 6.45) is 5.65. The van der Waals surface area contributed by atoms with Crippen LogP contribution in [0.3, 0.4) is 0 Å². The summed E-state index contributed by atoms with van der Waals surface area (Å²) in [5, 5.41) is 12.2. The third kappa shape index (κ3) is 4.10. The summed E-state index contributed by atoms with van der Waals surface area (Å²) in [6, 6.07) is -0.175. The van der Waals surface area contributed by atoms with Gasteiger partial charge in [0, 0.05) is 13.6 Å². The van der Waals surface area contributed by atoms with Crippen molar-refractivity contribution in [3.05, 3.63) is 0 Å². The summed E-state index contributed by atoms with van der Waals surface area (Å²) in [7, 11) is 1.85. The molecule has 1 rings (SSSR count). The second-order valence-electron chi connectivity index (χ2n) is 4.63. The molecule has 0 radical (unpaired) electrons. The molecule has 16 heavy (non-hydrogen) atoms. The Bertz CT molecular complexity index is 221. The Hall–Kier alpha value is -0.610. The van der Waals surface area contributed by atoms with Gasteiger partial charge in [-0.15, -0.1) is 0 Å². The lowest BCUT2D eigenvalue weighted by molar-refractivity contribution is -0.132. The minimum atomic E-state index is -0.498. The van der Waals surface area contributed by atoms with Crippen molar-refractivity contribution in [3.8, 4) is 0 Å². The molecule has 1 unspecified atom stereocenters. The number of carbonyl (C=O) groups excluding carboxylic acids is 1. The third-order valence-electron chi connectivity index (χ3n) is 3.14. The van der Waals surface area contributed by atoms with Gasteiger partial charge in [-0.2, -0.15) is 0 Å². The maximum absolute atomic E-state index is 11.9. The molecule has 94 valence electrons. The fourth-order valence-electron chi connectivity index (χ4n) is 2.07. The Labute approximate surface area is 98.0 Å². The van der Waals surface area contributed by atoms with E-state index in [0.29, 0.717) is 6.42 Å². The molecule has 0 aromatic rings. The average molecular weight is 228 g/mol. The third-order valence-corrected chi connectivity index (χ3v) is 3.14. The van der Waals surface area contributed by atoms with Crippen molar-refractivity contribution in [1.82, 2.24) is 10.2 Å². The van der Waals surface area contributed by atoms with Crippen LogP contribution in [0.5, 0.6) is 0 Å². The van der Waals surface area contributed by atoms with Crippen LogP contribution >= 0.6 is 0 Å². The lowest BCUT2D eigenvalue weighted by Gasteiger charge is -2.21. The summed E-state index contributed by atoms with van der Waals surface area (Å²) in [6.45, 7) is 3.01. The van der Waals surface area contributed by atoms with Crippen LogP contribution < -0.4 is 5.32 Å². The van der Waals surface area contributed by atoms with Crippen molar-refractivity contribution >= 4 is 5.91 Å². The zero-order valence-electron chi connectivity index (χ0n) is 10.4. The first kappa shape index (κ1) is 13.5. The Morgan fingerprint density at radius 2 is 2.12 bits per heavy atom. The SMILES string of the molecule is CCCCCCN(C)C(=O)[C@@H]1CCC(O)N1. The quantitative estimate of drug-likeness (QED) is 0.669. The van der Waals surface area contributed by atoms with E-state index in [1.807, 2.05) is 7.05 Å². The van der Waals surface area contributed by atoms with E-state index in [1.165, 1.54) is 19.3 Å². The van der Waals surface area contributed by atoms with Gasteiger partial charge in [0.05, 0.1) is 6.04 Å². The fourth-order valence-corrected chi connectivity index (χ4v) is 2.07. The molecule has 0 aromatic heterocycles. The summed E-state index contributed by atoms with van der Waals surface area (Å²) in [5.41, 5.74) is 0. The molecule has 1 amide bonds. The number of nitrogens with zero attached hydrogens (tertiary/aromatic N) is 1. The Balaban J connectivity index is 2.20. The first-order chi connectivity index (χ1) is 7.65. The smallest absolute Gasteiger partial charge is 0.239 e. The van der Waals surface area contributed by atoms with E-state index >= 15 is 0 Å². The van der Waals surface area contributed by atoms with Crippen molar-refractivity contribution in [2.24, 2.45) is 0 Å². The summed E-state index contributed by atoms with van der Waals surface area (Å²) >= 11 is 0. The molecule has 1 saturated heterocycles. The van der Waals surface area contributed by atoms with Crippen LogP contribution in [0.1, 0.15) is 45.4 Å². The molecule has 1 aliphatic rings. The highest BCUT2D eigenvalue weighted by Crippen LogP contribution is 2.12. The molecule has 4 nitrogen and oxygen atoms in total. The molecule has 0 aromatic carbocycles. The number of amides is 1. The Morgan fingerprint density at radius 1 is 1.38 bits per heavy atom. The molecule has 4 heteroatoms. The molecular weight excluding hydrogens is 204 g/mol. The highest BCUT2D eigenvalue weighted by atomic mass is 16.3. The number of rotatable bonds is 6. The van der Waals surface area contributed by atoms with Crippen LogP contribution in [0, 0.1) is 0 Å². The standard InChI is InChI=1S/C12H24N2O2/c1-3-4-5-6-9-14(2)12(16)10-7-8-11(15)13-10/h10-11,13,15H,3-9H2,1-2H3/t10-,11?/m0/s1. The number of aliphatic hydroxyl groups is 1. The van der Waals surface area contributed by atoms with Gasteiger partial charge in [-0.25, -0.2) is 0 Å². The first-order valence-electron chi connectivity index (χ1n) is 6.34. The van der Waals surface area contributed by atoms with Crippen LogP contribution in [-0.2, 0) is 4.79 Å². The van der Waals surface area contributed by atoms with Crippen LogP contribution in [0.4, 0.5) is 0 Å². The largest absolute Gasteiger partial charge is 0.379 e. The first-order valence-corrected chi connectivity index (χ1v) is 6.34. The van der Waals surface area contributed by atoms with Gasteiger partial charge in [0.1, 0.15) is 6.23 Å². The molecule has 0 aliphatic carbocycles. The second kappa shape index (κ2) is 6.86. The van der Waals surface area contributed by atoms with Gasteiger partial charge >= 0.3 is 0 Å². The average Bonchev–Trinajstić information content (AvgIpc) is 2.70. The van der Waals surface area contributed by atoms with Crippen molar-refractivity contribution in [2.45, 2.75) is 57.7 Å². The van der Waals surface area contributed by atoms with Crippen LogP contribution in [0.25, 0.3) is 0 Å². The van der Waals surface area contributed by atoms with E-state index < -0.39 is 6.23 Å².